The van der Waals surface area contributed by atoms with Gasteiger partial charge in [0.15, 0.2) is 10.8 Å². The highest BCUT2D eigenvalue weighted by Gasteiger charge is 2.13. The molecule has 6 nitrogen and oxygen atoms in total. The first-order valence-corrected chi connectivity index (χ1v) is 7.91. The van der Waals surface area contributed by atoms with Crippen LogP contribution in [-0.2, 0) is 16.0 Å². The molecule has 0 amide bonds. The number of furan rings is 1. The predicted octanol–water partition coefficient (Wildman–Crippen LogP) is 3.34. The molecule has 0 aliphatic rings. The summed E-state index contributed by atoms with van der Waals surface area (Å²) in [7, 11) is 1.31. The zero-order valence-electron chi connectivity index (χ0n) is 12.7. The number of nitrogens with zero attached hydrogens (tertiary/aromatic N) is 1. The zero-order chi connectivity index (χ0) is 16.9. The average Bonchev–Trinajstić information content (AvgIpc) is 3.26. The molecular weight excluding hydrogens is 330 g/mol. The van der Waals surface area contributed by atoms with Crippen LogP contribution in [0.15, 0.2) is 52.5 Å². The number of methoxy groups -OCH3 is 1. The maximum atomic E-state index is 12.0. The fourth-order valence-corrected chi connectivity index (χ4v) is 2.78. The first kappa shape index (κ1) is 15.9. The molecule has 3 aromatic rings. The van der Waals surface area contributed by atoms with Crippen molar-refractivity contribution in [1.82, 2.24) is 4.98 Å². The first-order chi connectivity index (χ1) is 11.7. The maximum Gasteiger partial charge on any atom is 0.337 e. The molecule has 2 heterocycles. The molecule has 2 aromatic heterocycles. The van der Waals surface area contributed by atoms with E-state index >= 15 is 0 Å². The highest BCUT2D eigenvalue weighted by molar-refractivity contribution is 7.13. The largest absolute Gasteiger partial charge is 0.465 e. The number of carbonyl (C=O) groups excluding carboxylic acids is 2. The van der Waals surface area contributed by atoms with E-state index in [0.29, 0.717) is 27.8 Å². The number of esters is 2. The number of hydrogen-bond acceptors (Lipinski definition) is 7. The molecule has 0 saturated carbocycles. The molecule has 7 heteroatoms. The van der Waals surface area contributed by atoms with Crippen LogP contribution in [0.4, 0.5) is 0 Å². The standard InChI is InChI=1S/C17H13NO5S/c1-21-17(20)11-4-6-13(7-5-11)23-15(19)9-12-10-24-16(18-12)14-3-2-8-22-14/h2-8,10H,9H2,1H3. The molecule has 0 radical (unpaired) electrons. The van der Waals surface area contributed by atoms with Gasteiger partial charge in [0.05, 0.1) is 31.1 Å². The molecule has 0 N–H and O–H groups in total. The summed E-state index contributed by atoms with van der Waals surface area (Å²) in [6.07, 6.45) is 1.62. The van der Waals surface area contributed by atoms with Crippen molar-refractivity contribution in [2.45, 2.75) is 6.42 Å². The lowest BCUT2D eigenvalue weighted by molar-refractivity contribution is -0.133. The third kappa shape index (κ3) is 3.69. The van der Waals surface area contributed by atoms with Crippen LogP contribution in [0.25, 0.3) is 10.8 Å². The molecular formula is C17H13NO5S. The smallest absolute Gasteiger partial charge is 0.337 e. The minimum absolute atomic E-state index is 0.0515. The highest BCUT2D eigenvalue weighted by atomic mass is 32.1. The second kappa shape index (κ2) is 7.10. The number of benzene rings is 1. The summed E-state index contributed by atoms with van der Waals surface area (Å²) in [5.74, 6) is 0.144. The fourth-order valence-electron chi connectivity index (χ4n) is 1.99. The molecule has 1 aromatic carbocycles. The van der Waals surface area contributed by atoms with Crippen LogP contribution in [0.2, 0.25) is 0 Å². The Morgan fingerprint density at radius 3 is 2.67 bits per heavy atom. The average molecular weight is 343 g/mol. The lowest BCUT2D eigenvalue weighted by atomic mass is 10.2. The lowest BCUT2D eigenvalue weighted by Gasteiger charge is -2.04. The molecule has 0 aliphatic carbocycles. The fraction of sp³-hybridized carbons (Fsp3) is 0.118. The highest BCUT2D eigenvalue weighted by Crippen LogP contribution is 2.24. The SMILES string of the molecule is COC(=O)c1ccc(OC(=O)Cc2csc(-c3ccco3)n2)cc1. The van der Waals surface area contributed by atoms with Gasteiger partial charge in [0.2, 0.25) is 0 Å². The molecule has 0 bridgehead atoms. The molecule has 3 rings (SSSR count). The summed E-state index contributed by atoms with van der Waals surface area (Å²) >= 11 is 1.40. The van der Waals surface area contributed by atoms with Crippen LogP contribution in [0.5, 0.6) is 5.75 Å². The minimum Gasteiger partial charge on any atom is -0.465 e. The minimum atomic E-state index is -0.444. The van der Waals surface area contributed by atoms with Crippen LogP contribution < -0.4 is 4.74 Å². The van der Waals surface area contributed by atoms with Crippen molar-refractivity contribution in [3.63, 3.8) is 0 Å². The van der Waals surface area contributed by atoms with Gasteiger partial charge in [0.25, 0.3) is 0 Å². The number of ether oxygens (including phenoxy) is 2. The van der Waals surface area contributed by atoms with Crippen molar-refractivity contribution in [1.29, 1.82) is 0 Å². The van der Waals surface area contributed by atoms with Gasteiger partial charge in [-0.2, -0.15) is 0 Å². The summed E-state index contributed by atoms with van der Waals surface area (Å²) in [6.45, 7) is 0. The van der Waals surface area contributed by atoms with Gasteiger partial charge in [0, 0.05) is 5.38 Å². The van der Waals surface area contributed by atoms with Gasteiger partial charge in [-0.25, -0.2) is 9.78 Å². The number of thiazole rings is 1. The zero-order valence-corrected chi connectivity index (χ0v) is 13.5. The van der Waals surface area contributed by atoms with Crippen LogP contribution in [0, 0.1) is 0 Å². The van der Waals surface area contributed by atoms with Gasteiger partial charge in [-0.1, -0.05) is 0 Å². The predicted molar refractivity (Wildman–Crippen MR) is 86.9 cm³/mol. The van der Waals surface area contributed by atoms with E-state index in [1.807, 2.05) is 6.07 Å². The van der Waals surface area contributed by atoms with E-state index in [-0.39, 0.29) is 6.42 Å². The third-order valence-electron chi connectivity index (χ3n) is 3.12. The van der Waals surface area contributed by atoms with Crippen LogP contribution >= 0.6 is 11.3 Å². The Hall–Kier alpha value is -2.93. The van der Waals surface area contributed by atoms with E-state index in [4.69, 9.17) is 9.15 Å². The van der Waals surface area contributed by atoms with Gasteiger partial charge in [-0.15, -0.1) is 11.3 Å². The molecule has 0 fully saturated rings. The molecule has 0 unspecified atom stereocenters. The second-order valence-electron chi connectivity index (χ2n) is 4.79. The van der Waals surface area contributed by atoms with E-state index in [0.717, 1.165) is 0 Å². The first-order valence-electron chi connectivity index (χ1n) is 7.03. The number of hydrogen-bond donors (Lipinski definition) is 0. The number of carbonyl (C=O) groups is 2. The Morgan fingerprint density at radius 2 is 2.00 bits per heavy atom. The van der Waals surface area contributed by atoms with Crippen molar-refractivity contribution in [3.05, 3.63) is 59.3 Å². The van der Waals surface area contributed by atoms with Gasteiger partial charge in [-0.3, -0.25) is 4.79 Å². The Labute approximate surface area is 141 Å². The van der Waals surface area contributed by atoms with Crippen molar-refractivity contribution in [2.75, 3.05) is 7.11 Å². The Kier molecular flexibility index (Phi) is 4.72. The summed E-state index contributed by atoms with van der Waals surface area (Å²) in [6, 6.07) is 9.74. The summed E-state index contributed by atoms with van der Waals surface area (Å²) in [4.78, 5) is 27.7. The molecule has 0 spiro atoms. The lowest BCUT2D eigenvalue weighted by Crippen LogP contribution is -2.11. The molecule has 0 atom stereocenters. The van der Waals surface area contributed by atoms with Crippen LogP contribution in [0.3, 0.4) is 0 Å². The third-order valence-corrected chi connectivity index (χ3v) is 4.02. The van der Waals surface area contributed by atoms with E-state index in [9.17, 15) is 9.59 Å². The van der Waals surface area contributed by atoms with Gasteiger partial charge in [-0.05, 0) is 36.4 Å². The van der Waals surface area contributed by atoms with Gasteiger partial charge in [0.1, 0.15) is 5.75 Å². The van der Waals surface area contributed by atoms with Crippen LogP contribution in [0.1, 0.15) is 16.1 Å². The summed E-state index contributed by atoms with van der Waals surface area (Å²) < 4.78 is 15.1. The Balaban J connectivity index is 1.60. The quantitative estimate of drug-likeness (QED) is 0.522. The van der Waals surface area contributed by atoms with Crippen LogP contribution in [-0.4, -0.2) is 24.0 Å². The number of aromatic nitrogens is 1. The second-order valence-corrected chi connectivity index (χ2v) is 5.65. The van der Waals surface area contributed by atoms with E-state index in [1.165, 1.54) is 30.6 Å². The molecule has 122 valence electrons. The summed E-state index contributed by atoms with van der Waals surface area (Å²) in [5.41, 5.74) is 1.00. The Morgan fingerprint density at radius 1 is 1.21 bits per heavy atom. The molecule has 24 heavy (non-hydrogen) atoms. The van der Waals surface area contributed by atoms with Gasteiger partial charge >= 0.3 is 11.9 Å². The topological polar surface area (TPSA) is 78.6 Å². The van der Waals surface area contributed by atoms with Crippen molar-refractivity contribution in [2.24, 2.45) is 0 Å². The van der Waals surface area contributed by atoms with Crippen molar-refractivity contribution < 1.29 is 23.5 Å². The maximum absolute atomic E-state index is 12.0. The monoisotopic (exact) mass is 343 g/mol. The van der Waals surface area contributed by atoms with E-state index in [1.54, 1.807) is 29.8 Å². The Bertz CT molecular complexity index is 836. The number of rotatable bonds is 5. The van der Waals surface area contributed by atoms with Gasteiger partial charge < -0.3 is 13.9 Å². The van der Waals surface area contributed by atoms with E-state index < -0.39 is 11.9 Å². The normalized spacial score (nSPS) is 10.4. The van der Waals surface area contributed by atoms with E-state index in [2.05, 4.69) is 9.72 Å². The summed E-state index contributed by atoms with van der Waals surface area (Å²) in [5, 5.41) is 2.50. The molecule has 0 aliphatic heterocycles. The molecule has 0 saturated heterocycles. The van der Waals surface area contributed by atoms with Crippen molar-refractivity contribution >= 4 is 23.3 Å². The van der Waals surface area contributed by atoms with Crippen molar-refractivity contribution in [3.8, 4) is 16.5 Å².